The molecule has 0 radical (unpaired) electrons. The van der Waals surface area contributed by atoms with Gasteiger partial charge in [0.15, 0.2) is 0 Å². The van der Waals surface area contributed by atoms with Crippen LogP contribution in [-0.4, -0.2) is 34.9 Å². The Labute approximate surface area is 103 Å². The van der Waals surface area contributed by atoms with Crippen molar-refractivity contribution in [3.8, 4) is 0 Å². The van der Waals surface area contributed by atoms with Gasteiger partial charge in [-0.1, -0.05) is 13.3 Å². The second kappa shape index (κ2) is 5.74. The van der Waals surface area contributed by atoms with E-state index in [0.29, 0.717) is 5.92 Å². The first kappa shape index (κ1) is 12.7. The third-order valence-corrected chi connectivity index (χ3v) is 5.05. The Bertz CT molecular complexity index is 208. The number of aliphatic hydroxyl groups excluding tert-OH is 1. The summed E-state index contributed by atoms with van der Waals surface area (Å²) in [6.07, 6.45) is 6.46. The zero-order valence-corrected chi connectivity index (χ0v) is 11.1. The summed E-state index contributed by atoms with van der Waals surface area (Å²) in [6, 6.07) is 0. The molecule has 0 aliphatic carbocycles. The maximum absolute atomic E-state index is 10.1. The third-order valence-electron chi connectivity index (χ3n) is 4.06. The lowest BCUT2D eigenvalue weighted by molar-refractivity contribution is -0.121. The average molecular weight is 244 g/mol. The molecular weight excluding hydrogens is 220 g/mol. The summed E-state index contributed by atoms with van der Waals surface area (Å²) in [5.41, 5.74) is 0.128. The maximum atomic E-state index is 10.1. The van der Waals surface area contributed by atoms with E-state index in [1.54, 1.807) is 0 Å². The first-order valence-electron chi connectivity index (χ1n) is 6.65. The summed E-state index contributed by atoms with van der Waals surface area (Å²) in [4.78, 5) is 0. The fourth-order valence-corrected chi connectivity index (χ4v) is 4.25. The lowest BCUT2D eigenvalue weighted by Gasteiger charge is -2.44. The molecule has 0 aromatic heterocycles. The Kier molecular flexibility index (Phi) is 4.57. The van der Waals surface area contributed by atoms with Gasteiger partial charge in [0.25, 0.3) is 0 Å². The van der Waals surface area contributed by atoms with Crippen molar-refractivity contribution in [3.63, 3.8) is 0 Å². The molecule has 0 aromatic rings. The fraction of sp³-hybridized carbons (Fsp3) is 1.00. The lowest BCUT2D eigenvalue weighted by atomic mass is 9.78. The highest BCUT2D eigenvalue weighted by Crippen LogP contribution is 2.41. The molecule has 2 heterocycles. The normalized spacial score (nSPS) is 31.5. The van der Waals surface area contributed by atoms with Crippen molar-refractivity contribution in [1.29, 1.82) is 0 Å². The van der Waals surface area contributed by atoms with Crippen LogP contribution in [0.4, 0.5) is 0 Å². The van der Waals surface area contributed by atoms with Crippen LogP contribution in [0.15, 0.2) is 0 Å². The maximum Gasteiger partial charge on any atom is 0.0701 e. The molecule has 1 N–H and O–H groups in total. The van der Waals surface area contributed by atoms with Crippen LogP contribution in [0.1, 0.15) is 45.4 Å². The minimum Gasteiger partial charge on any atom is -0.393 e. The van der Waals surface area contributed by atoms with Crippen molar-refractivity contribution < 1.29 is 9.84 Å². The van der Waals surface area contributed by atoms with Crippen LogP contribution in [-0.2, 0) is 4.74 Å². The van der Waals surface area contributed by atoms with Crippen molar-refractivity contribution >= 4 is 11.8 Å². The minimum atomic E-state index is -0.0969. The van der Waals surface area contributed by atoms with Gasteiger partial charge in [-0.05, 0) is 49.5 Å². The second-order valence-electron chi connectivity index (χ2n) is 5.25. The van der Waals surface area contributed by atoms with Gasteiger partial charge in [0.1, 0.15) is 0 Å². The Hall–Kier alpha value is 0.270. The van der Waals surface area contributed by atoms with Crippen LogP contribution in [0.2, 0.25) is 0 Å². The zero-order valence-electron chi connectivity index (χ0n) is 10.3. The summed E-state index contributed by atoms with van der Waals surface area (Å²) < 4.78 is 6.04. The largest absolute Gasteiger partial charge is 0.393 e. The van der Waals surface area contributed by atoms with Gasteiger partial charge in [0.05, 0.1) is 11.7 Å². The third kappa shape index (κ3) is 2.93. The van der Waals surface area contributed by atoms with Gasteiger partial charge in [-0.15, -0.1) is 0 Å². The Balaban J connectivity index is 1.92. The highest BCUT2D eigenvalue weighted by Gasteiger charge is 2.40. The molecule has 0 bridgehead atoms. The van der Waals surface area contributed by atoms with E-state index in [0.717, 1.165) is 32.3 Å². The van der Waals surface area contributed by atoms with Crippen LogP contribution in [0.25, 0.3) is 0 Å². The smallest absolute Gasteiger partial charge is 0.0701 e. The summed E-state index contributed by atoms with van der Waals surface area (Å²) in [5.74, 6) is 2.95. The number of rotatable bonds is 3. The summed E-state index contributed by atoms with van der Waals surface area (Å²) in [7, 11) is 0. The molecule has 94 valence electrons. The number of hydrogen-bond acceptors (Lipinski definition) is 3. The van der Waals surface area contributed by atoms with Crippen LogP contribution in [0.5, 0.6) is 0 Å². The van der Waals surface area contributed by atoms with E-state index in [4.69, 9.17) is 4.74 Å². The van der Waals surface area contributed by atoms with Crippen molar-refractivity contribution in [2.24, 2.45) is 5.92 Å². The van der Waals surface area contributed by atoms with Crippen LogP contribution >= 0.6 is 11.8 Å². The van der Waals surface area contributed by atoms with E-state index in [9.17, 15) is 5.11 Å². The lowest BCUT2D eigenvalue weighted by Crippen LogP contribution is -2.45. The van der Waals surface area contributed by atoms with Gasteiger partial charge in [-0.3, -0.25) is 0 Å². The molecule has 16 heavy (non-hydrogen) atoms. The molecule has 0 saturated carbocycles. The molecule has 2 saturated heterocycles. The minimum absolute atomic E-state index is 0.0969. The van der Waals surface area contributed by atoms with Crippen LogP contribution in [0, 0.1) is 5.92 Å². The average Bonchev–Trinajstić information content (AvgIpc) is 2.30. The summed E-state index contributed by atoms with van der Waals surface area (Å²) in [6.45, 7) is 3.01. The number of aliphatic hydroxyl groups is 1. The van der Waals surface area contributed by atoms with Gasteiger partial charge in [0, 0.05) is 6.61 Å². The molecular formula is C13H24O2S. The van der Waals surface area contributed by atoms with Gasteiger partial charge < -0.3 is 9.84 Å². The molecule has 1 spiro atoms. The van der Waals surface area contributed by atoms with E-state index in [2.05, 4.69) is 6.92 Å². The Morgan fingerprint density at radius 3 is 2.88 bits per heavy atom. The monoisotopic (exact) mass is 244 g/mol. The predicted molar refractivity (Wildman–Crippen MR) is 68.9 cm³/mol. The molecule has 2 nitrogen and oxygen atoms in total. The highest BCUT2D eigenvalue weighted by molar-refractivity contribution is 7.99. The van der Waals surface area contributed by atoms with Gasteiger partial charge in [-0.25, -0.2) is 0 Å². The topological polar surface area (TPSA) is 29.5 Å². The van der Waals surface area contributed by atoms with Crippen molar-refractivity contribution in [2.75, 3.05) is 18.1 Å². The number of ether oxygens (including phenoxy) is 1. The van der Waals surface area contributed by atoms with Crippen LogP contribution in [0.3, 0.4) is 0 Å². The highest BCUT2D eigenvalue weighted by atomic mass is 32.2. The van der Waals surface area contributed by atoms with E-state index in [1.165, 1.54) is 24.3 Å². The van der Waals surface area contributed by atoms with Gasteiger partial charge in [0.2, 0.25) is 0 Å². The molecule has 2 rings (SSSR count). The standard InChI is InChI=1S/C13H24O2S/c1-2-3-12(14)11-4-7-15-13(10-11)5-8-16-9-6-13/h11-12,14H,2-10H2,1H3. The van der Waals surface area contributed by atoms with Gasteiger partial charge in [-0.2, -0.15) is 11.8 Å². The fourth-order valence-electron chi connectivity index (χ4n) is 3.02. The molecule has 3 heteroatoms. The van der Waals surface area contributed by atoms with Crippen molar-refractivity contribution in [1.82, 2.24) is 0 Å². The van der Waals surface area contributed by atoms with Crippen molar-refractivity contribution in [3.05, 3.63) is 0 Å². The Morgan fingerprint density at radius 2 is 2.19 bits per heavy atom. The summed E-state index contributed by atoms with van der Waals surface area (Å²) in [5, 5.41) is 10.1. The second-order valence-corrected chi connectivity index (χ2v) is 6.48. The number of thioether (sulfide) groups is 1. The van der Waals surface area contributed by atoms with E-state index in [1.807, 2.05) is 11.8 Å². The molecule has 2 aliphatic rings. The Morgan fingerprint density at radius 1 is 1.44 bits per heavy atom. The molecule has 2 fully saturated rings. The van der Waals surface area contributed by atoms with E-state index < -0.39 is 0 Å². The molecule has 2 aliphatic heterocycles. The van der Waals surface area contributed by atoms with E-state index in [-0.39, 0.29) is 11.7 Å². The van der Waals surface area contributed by atoms with E-state index >= 15 is 0 Å². The van der Waals surface area contributed by atoms with Gasteiger partial charge >= 0.3 is 0 Å². The quantitative estimate of drug-likeness (QED) is 0.828. The molecule has 2 atom stereocenters. The van der Waals surface area contributed by atoms with Crippen molar-refractivity contribution in [2.45, 2.75) is 57.2 Å². The molecule has 2 unspecified atom stereocenters. The zero-order chi connectivity index (χ0) is 11.4. The number of hydrogen-bond donors (Lipinski definition) is 1. The first-order valence-corrected chi connectivity index (χ1v) is 7.81. The molecule has 0 amide bonds. The SMILES string of the molecule is CCCC(O)C1CCOC2(CCSCC2)C1. The first-order chi connectivity index (χ1) is 7.76. The predicted octanol–water partition coefficient (Wildman–Crippen LogP) is 2.84. The summed E-state index contributed by atoms with van der Waals surface area (Å²) >= 11 is 2.04. The molecule has 0 aromatic carbocycles. The van der Waals surface area contributed by atoms with Crippen LogP contribution < -0.4 is 0 Å².